The molecule has 0 atom stereocenters. The molecule has 1 aromatic carbocycles. The largest absolute Gasteiger partial charge is 0.445 e. The molecule has 3 nitrogen and oxygen atoms in total. The van der Waals surface area contributed by atoms with Gasteiger partial charge in [-0.3, -0.25) is 0 Å². The second kappa shape index (κ2) is 5.27. The van der Waals surface area contributed by atoms with Gasteiger partial charge in [-0.25, -0.2) is 4.98 Å². The minimum absolute atomic E-state index is 0.587. The van der Waals surface area contributed by atoms with Crippen molar-refractivity contribution in [2.24, 2.45) is 5.73 Å². The minimum atomic E-state index is 0.587. The number of halogens is 1. The van der Waals surface area contributed by atoms with Crippen LogP contribution in [0.1, 0.15) is 17.2 Å². The Kier molecular flexibility index (Phi) is 3.74. The van der Waals surface area contributed by atoms with Crippen molar-refractivity contribution in [1.82, 2.24) is 4.98 Å². The maximum atomic E-state index is 5.57. The van der Waals surface area contributed by atoms with Gasteiger partial charge >= 0.3 is 0 Å². The molecule has 1 aromatic heterocycles. The zero-order chi connectivity index (χ0) is 11.4. The lowest BCUT2D eigenvalue weighted by Gasteiger charge is -2.00. The maximum absolute atomic E-state index is 5.57. The van der Waals surface area contributed by atoms with E-state index in [0.717, 1.165) is 22.5 Å². The van der Waals surface area contributed by atoms with Crippen molar-refractivity contribution in [3.63, 3.8) is 0 Å². The molecule has 4 heteroatoms. The third kappa shape index (κ3) is 2.71. The van der Waals surface area contributed by atoms with Gasteiger partial charge in [0.1, 0.15) is 5.76 Å². The highest BCUT2D eigenvalue weighted by Crippen LogP contribution is 2.19. The molecule has 0 aliphatic rings. The zero-order valence-electron chi connectivity index (χ0n) is 8.82. The van der Waals surface area contributed by atoms with Crippen LogP contribution in [0.2, 0.25) is 0 Å². The van der Waals surface area contributed by atoms with Gasteiger partial charge in [-0.1, -0.05) is 34.1 Å². The van der Waals surface area contributed by atoms with Crippen molar-refractivity contribution in [2.45, 2.75) is 12.8 Å². The van der Waals surface area contributed by atoms with Crippen LogP contribution in [0.15, 0.2) is 39.4 Å². The predicted molar refractivity (Wildman–Crippen MR) is 66.2 cm³/mol. The topological polar surface area (TPSA) is 52.0 Å². The first-order valence-electron chi connectivity index (χ1n) is 5.16. The number of rotatable bonds is 4. The summed E-state index contributed by atoms with van der Waals surface area (Å²) in [5, 5.41) is 0. The summed E-state index contributed by atoms with van der Waals surface area (Å²) in [4.78, 5) is 4.23. The molecule has 0 saturated heterocycles. The minimum Gasteiger partial charge on any atom is -0.445 e. The van der Waals surface area contributed by atoms with E-state index in [1.165, 1.54) is 5.56 Å². The van der Waals surface area contributed by atoms with E-state index < -0.39 is 0 Å². The Hall–Kier alpha value is -1.13. The highest BCUT2D eigenvalue weighted by Gasteiger charge is 2.06. The fourth-order valence-corrected chi connectivity index (χ4v) is 1.92. The first-order valence-corrected chi connectivity index (χ1v) is 5.96. The molecule has 0 aliphatic carbocycles. The molecule has 0 spiro atoms. The van der Waals surface area contributed by atoms with E-state index in [-0.39, 0.29) is 0 Å². The molecule has 84 valence electrons. The van der Waals surface area contributed by atoms with Gasteiger partial charge in [-0.15, -0.1) is 0 Å². The first kappa shape index (κ1) is 11.4. The molecule has 0 saturated carbocycles. The van der Waals surface area contributed by atoms with Gasteiger partial charge in [0.25, 0.3) is 0 Å². The van der Waals surface area contributed by atoms with Crippen molar-refractivity contribution in [1.29, 1.82) is 0 Å². The molecule has 0 fully saturated rings. The summed E-state index contributed by atoms with van der Waals surface area (Å²) >= 11 is 3.50. The first-order chi connectivity index (χ1) is 7.79. The quantitative estimate of drug-likeness (QED) is 0.936. The van der Waals surface area contributed by atoms with Crippen LogP contribution in [0.25, 0.3) is 0 Å². The Bertz CT molecular complexity index is 468. The third-order valence-corrected chi connectivity index (χ3v) is 3.07. The standard InChI is InChI=1S/C12H13BrN2O/c13-11-4-2-1-3-9(11)7-12-15-8-10(16-12)5-6-14/h1-4,8H,5-7,14H2. The van der Waals surface area contributed by atoms with Gasteiger partial charge in [0.05, 0.1) is 12.6 Å². The number of nitrogens with two attached hydrogens (primary N) is 1. The third-order valence-electron chi connectivity index (χ3n) is 2.29. The highest BCUT2D eigenvalue weighted by molar-refractivity contribution is 9.10. The van der Waals surface area contributed by atoms with Crippen LogP contribution in [0.4, 0.5) is 0 Å². The summed E-state index contributed by atoms with van der Waals surface area (Å²) in [6.45, 7) is 0.587. The predicted octanol–water partition coefficient (Wildman–Crippen LogP) is 2.53. The lowest BCUT2D eigenvalue weighted by Crippen LogP contribution is -2.01. The van der Waals surface area contributed by atoms with E-state index in [1.54, 1.807) is 6.20 Å². The Labute approximate surface area is 103 Å². The van der Waals surface area contributed by atoms with Gasteiger partial charge in [0.2, 0.25) is 0 Å². The average Bonchev–Trinajstić information content (AvgIpc) is 2.70. The zero-order valence-corrected chi connectivity index (χ0v) is 10.4. The van der Waals surface area contributed by atoms with Crippen molar-refractivity contribution >= 4 is 15.9 Å². The summed E-state index contributed by atoms with van der Waals surface area (Å²) in [5.74, 6) is 1.58. The van der Waals surface area contributed by atoms with Crippen molar-refractivity contribution < 1.29 is 4.42 Å². The molecule has 0 radical (unpaired) electrons. The molecule has 1 heterocycles. The SMILES string of the molecule is NCCc1cnc(Cc2ccccc2Br)o1. The smallest absolute Gasteiger partial charge is 0.198 e. The molecule has 0 bridgehead atoms. The molecule has 2 N–H and O–H groups in total. The Morgan fingerprint density at radius 2 is 2.12 bits per heavy atom. The van der Waals surface area contributed by atoms with E-state index in [4.69, 9.17) is 10.2 Å². The molecule has 2 rings (SSSR count). The number of benzene rings is 1. The highest BCUT2D eigenvalue weighted by atomic mass is 79.9. The molecular formula is C12H13BrN2O. The molecule has 16 heavy (non-hydrogen) atoms. The molecule has 0 aliphatic heterocycles. The fraction of sp³-hybridized carbons (Fsp3) is 0.250. The summed E-state index contributed by atoms with van der Waals surface area (Å²) in [5.41, 5.74) is 6.62. The fourth-order valence-electron chi connectivity index (χ4n) is 1.49. The maximum Gasteiger partial charge on any atom is 0.198 e. The van der Waals surface area contributed by atoms with Gasteiger partial charge in [-0.2, -0.15) is 0 Å². The van der Waals surface area contributed by atoms with Crippen LogP contribution < -0.4 is 5.73 Å². The van der Waals surface area contributed by atoms with Crippen molar-refractivity contribution in [2.75, 3.05) is 6.54 Å². The number of aromatic nitrogens is 1. The molecule has 0 unspecified atom stereocenters. The van der Waals surface area contributed by atoms with E-state index in [9.17, 15) is 0 Å². The van der Waals surface area contributed by atoms with Gasteiger partial charge < -0.3 is 10.2 Å². The van der Waals surface area contributed by atoms with Gasteiger partial charge in [0.15, 0.2) is 5.89 Å². The van der Waals surface area contributed by atoms with Crippen LogP contribution >= 0.6 is 15.9 Å². The van der Waals surface area contributed by atoms with Crippen LogP contribution in [-0.2, 0) is 12.8 Å². The Morgan fingerprint density at radius 3 is 2.88 bits per heavy atom. The molecule has 0 amide bonds. The lowest BCUT2D eigenvalue weighted by molar-refractivity contribution is 0.464. The van der Waals surface area contributed by atoms with E-state index in [0.29, 0.717) is 13.0 Å². The van der Waals surface area contributed by atoms with E-state index in [1.807, 2.05) is 18.2 Å². The second-order valence-electron chi connectivity index (χ2n) is 3.53. The lowest BCUT2D eigenvalue weighted by atomic mass is 10.1. The monoisotopic (exact) mass is 280 g/mol. The van der Waals surface area contributed by atoms with E-state index in [2.05, 4.69) is 27.0 Å². The second-order valence-corrected chi connectivity index (χ2v) is 4.38. The summed E-state index contributed by atoms with van der Waals surface area (Å²) in [6.07, 6.45) is 3.19. The summed E-state index contributed by atoms with van der Waals surface area (Å²) in [6, 6.07) is 8.06. The number of hydrogen-bond acceptors (Lipinski definition) is 3. The number of hydrogen-bond donors (Lipinski definition) is 1. The van der Waals surface area contributed by atoms with Gasteiger partial charge in [0, 0.05) is 10.9 Å². The normalized spacial score (nSPS) is 10.6. The Balaban J connectivity index is 2.11. The van der Waals surface area contributed by atoms with Crippen LogP contribution in [0, 0.1) is 0 Å². The van der Waals surface area contributed by atoms with Crippen molar-refractivity contribution in [3.05, 3.63) is 52.1 Å². The average molecular weight is 281 g/mol. The van der Waals surface area contributed by atoms with Crippen LogP contribution in [0.3, 0.4) is 0 Å². The van der Waals surface area contributed by atoms with Crippen molar-refractivity contribution in [3.8, 4) is 0 Å². The number of nitrogens with zero attached hydrogens (tertiary/aromatic N) is 1. The summed E-state index contributed by atoms with van der Waals surface area (Å²) in [7, 11) is 0. The molecular weight excluding hydrogens is 268 g/mol. The Morgan fingerprint density at radius 1 is 1.31 bits per heavy atom. The van der Waals surface area contributed by atoms with Crippen LogP contribution in [-0.4, -0.2) is 11.5 Å². The summed E-state index contributed by atoms with van der Waals surface area (Å²) < 4.78 is 6.65. The molecule has 2 aromatic rings. The van der Waals surface area contributed by atoms with Gasteiger partial charge in [-0.05, 0) is 18.2 Å². The number of oxazole rings is 1. The van der Waals surface area contributed by atoms with Crippen LogP contribution in [0.5, 0.6) is 0 Å². The van der Waals surface area contributed by atoms with E-state index >= 15 is 0 Å².